The molecule has 0 bridgehead atoms. The topological polar surface area (TPSA) is 68.2 Å². The third-order valence-electron chi connectivity index (χ3n) is 1.08. The fourth-order valence-electron chi connectivity index (χ4n) is 0.573. The first kappa shape index (κ1) is 7.14. The van der Waals surface area contributed by atoms with Crippen molar-refractivity contribution in [2.45, 2.75) is 0 Å². The van der Waals surface area contributed by atoms with Crippen LogP contribution in [-0.4, -0.2) is 63.0 Å². The summed E-state index contributed by atoms with van der Waals surface area (Å²) in [5.41, 5.74) is 0. The Morgan fingerprint density at radius 3 is 1.31 bits per heavy atom. The summed E-state index contributed by atoms with van der Waals surface area (Å²) in [4.78, 5) is 0. The van der Waals surface area contributed by atoms with Crippen LogP contribution in [0.15, 0.2) is 0 Å². The molecule has 0 saturated heterocycles. The Morgan fingerprint density at radius 1 is 0.692 bits per heavy atom. The van der Waals surface area contributed by atoms with E-state index in [4.69, 9.17) is 29.9 Å². The van der Waals surface area contributed by atoms with Gasteiger partial charge in [-0.3, -0.25) is 0 Å². The zero-order chi connectivity index (χ0) is 13.4. The quantitative estimate of drug-likeness (QED) is 0.442. The minimum absolute atomic E-state index is 0.140. The number of hydrogen-bond acceptors (Lipinski definition) is 5. The molecule has 0 aromatic carbocycles. The van der Waals surface area contributed by atoms with Crippen molar-refractivity contribution in [1.29, 1.82) is 0 Å². The molecule has 0 aliphatic carbocycles. The van der Waals surface area contributed by atoms with Gasteiger partial charge >= 0.3 is 0 Å². The summed E-state index contributed by atoms with van der Waals surface area (Å²) in [7, 11) is 0. The van der Waals surface area contributed by atoms with Crippen LogP contribution in [0.5, 0.6) is 0 Å². The summed E-state index contributed by atoms with van der Waals surface area (Å²) >= 11 is 0. The van der Waals surface area contributed by atoms with Gasteiger partial charge in [0.1, 0.15) is 0 Å². The SMILES string of the molecule is [2H]C([2H])(O)COCCOCCOCC([2H])([2H])O. The van der Waals surface area contributed by atoms with Crippen molar-refractivity contribution in [1.82, 2.24) is 0 Å². The first-order chi connectivity index (χ1) is 7.71. The second kappa shape index (κ2) is 11.8. The zero-order valence-corrected chi connectivity index (χ0v) is 7.36. The van der Waals surface area contributed by atoms with Gasteiger partial charge in [0, 0.05) is 0 Å². The van der Waals surface area contributed by atoms with Crippen LogP contribution in [0.4, 0.5) is 0 Å². The number of aliphatic hydroxyl groups is 2. The Labute approximate surface area is 83.8 Å². The molecule has 0 saturated carbocycles. The van der Waals surface area contributed by atoms with Gasteiger partial charge in [0.05, 0.1) is 58.2 Å². The number of hydrogen-bond donors (Lipinski definition) is 2. The van der Waals surface area contributed by atoms with E-state index in [0.29, 0.717) is 0 Å². The summed E-state index contributed by atoms with van der Waals surface area (Å²) in [5, 5.41) is 17.3. The van der Waals surface area contributed by atoms with Gasteiger partial charge in [-0.25, -0.2) is 0 Å². The van der Waals surface area contributed by atoms with Crippen molar-refractivity contribution < 1.29 is 29.9 Å². The molecule has 0 fully saturated rings. The van der Waals surface area contributed by atoms with Gasteiger partial charge in [0.15, 0.2) is 0 Å². The lowest BCUT2D eigenvalue weighted by atomic mass is 10.7. The fraction of sp³-hybridized carbons (Fsp3) is 1.00. The van der Waals surface area contributed by atoms with Gasteiger partial charge in [-0.15, -0.1) is 0 Å². The van der Waals surface area contributed by atoms with Gasteiger partial charge in [0.2, 0.25) is 0 Å². The molecule has 0 amide bonds. The van der Waals surface area contributed by atoms with Gasteiger partial charge in [-0.1, -0.05) is 0 Å². The summed E-state index contributed by atoms with van der Waals surface area (Å²) in [6.07, 6.45) is 0. The summed E-state index contributed by atoms with van der Waals surface area (Å²) in [6.45, 7) is -4.81. The first-order valence-electron chi connectivity index (χ1n) is 5.89. The highest BCUT2D eigenvalue weighted by atomic mass is 16.5. The number of ether oxygens (including phenoxy) is 3. The van der Waals surface area contributed by atoms with E-state index < -0.39 is 26.3 Å². The van der Waals surface area contributed by atoms with Crippen molar-refractivity contribution >= 4 is 0 Å². The molecule has 0 spiro atoms. The molecule has 5 heteroatoms. The maximum atomic E-state index is 8.65. The van der Waals surface area contributed by atoms with Crippen molar-refractivity contribution in [3.63, 3.8) is 0 Å². The maximum absolute atomic E-state index is 8.65. The molecule has 80 valence electrons. The second-order valence-corrected chi connectivity index (χ2v) is 2.03. The summed E-state index contributed by atoms with van der Waals surface area (Å²) in [6, 6.07) is 0. The van der Waals surface area contributed by atoms with Crippen molar-refractivity contribution in [2.75, 3.05) is 52.8 Å². The maximum Gasteiger partial charge on any atom is 0.0701 e. The predicted molar refractivity (Wildman–Crippen MR) is 46.6 cm³/mol. The van der Waals surface area contributed by atoms with E-state index in [0.717, 1.165) is 0 Å². The number of rotatable bonds is 10. The highest BCUT2D eigenvalue weighted by Crippen LogP contribution is 1.80. The molecule has 0 aromatic heterocycles. The lowest BCUT2D eigenvalue weighted by Crippen LogP contribution is -2.11. The molecular formula is C8H18O5. The van der Waals surface area contributed by atoms with Crippen LogP contribution in [0.1, 0.15) is 5.48 Å². The molecule has 0 rings (SSSR count). The van der Waals surface area contributed by atoms with Crippen LogP contribution in [0.2, 0.25) is 0 Å². The van der Waals surface area contributed by atoms with E-state index in [1.807, 2.05) is 0 Å². The Hall–Kier alpha value is -0.200. The Morgan fingerprint density at radius 2 is 1.00 bits per heavy atom. The van der Waals surface area contributed by atoms with E-state index in [-0.39, 0.29) is 26.4 Å². The van der Waals surface area contributed by atoms with Crippen molar-refractivity contribution in [3.05, 3.63) is 0 Å². The van der Waals surface area contributed by atoms with Crippen molar-refractivity contribution in [2.24, 2.45) is 0 Å². The van der Waals surface area contributed by atoms with E-state index in [9.17, 15) is 0 Å². The van der Waals surface area contributed by atoms with E-state index >= 15 is 0 Å². The van der Waals surface area contributed by atoms with Crippen LogP contribution in [0.3, 0.4) is 0 Å². The van der Waals surface area contributed by atoms with Gasteiger partial charge < -0.3 is 24.4 Å². The zero-order valence-electron chi connectivity index (χ0n) is 11.4. The van der Waals surface area contributed by atoms with Crippen molar-refractivity contribution in [3.8, 4) is 0 Å². The third kappa shape index (κ3) is 11.8. The average Bonchev–Trinajstić information content (AvgIpc) is 2.11. The van der Waals surface area contributed by atoms with Crippen LogP contribution < -0.4 is 0 Å². The molecule has 0 aromatic rings. The second-order valence-electron chi connectivity index (χ2n) is 2.03. The van der Waals surface area contributed by atoms with Crippen LogP contribution >= 0.6 is 0 Å². The summed E-state index contributed by atoms with van der Waals surface area (Å²) in [5.74, 6) is 0. The molecule has 0 atom stereocenters. The molecule has 5 nitrogen and oxygen atoms in total. The lowest BCUT2D eigenvalue weighted by Gasteiger charge is -2.04. The highest BCUT2D eigenvalue weighted by Gasteiger charge is 1.89. The van der Waals surface area contributed by atoms with Crippen LogP contribution in [-0.2, 0) is 14.2 Å². The smallest absolute Gasteiger partial charge is 0.0701 e. The van der Waals surface area contributed by atoms with Gasteiger partial charge in [-0.2, -0.15) is 0 Å². The molecule has 0 aliphatic heterocycles. The standard InChI is InChI=1S/C8H18O5/c9-1-3-11-5-7-13-8-6-12-4-2-10/h9-10H,1-8H2/i1D2,2D2. The molecule has 0 unspecified atom stereocenters. The van der Waals surface area contributed by atoms with E-state index in [1.165, 1.54) is 0 Å². The molecule has 0 heterocycles. The predicted octanol–water partition coefficient (Wildman–Crippen LogP) is -0.979. The van der Waals surface area contributed by atoms with Gasteiger partial charge in [0.25, 0.3) is 0 Å². The Kier molecular flexibility index (Phi) is 6.48. The molecular weight excluding hydrogens is 176 g/mol. The van der Waals surface area contributed by atoms with E-state index in [1.54, 1.807) is 0 Å². The largest absolute Gasteiger partial charge is 0.394 e. The summed E-state index contributed by atoms with van der Waals surface area (Å²) < 4.78 is 41.5. The Balaban J connectivity index is 3.15. The minimum Gasteiger partial charge on any atom is -0.394 e. The van der Waals surface area contributed by atoms with Crippen LogP contribution in [0, 0.1) is 0 Å². The monoisotopic (exact) mass is 198 g/mol. The lowest BCUT2D eigenvalue weighted by molar-refractivity contribution is 0.00230. The molecule has 2 N–H and O–H groups in total. The molecule has 13 heavy (non-hydrogen) atoms. The average molecular weight is 198 g/mol. The third-order valence-corrected chi connectivity index (χ3v) is 1.08. The first-order valence-corrected chi connectivity index (χ1v) is 3.89. The Bertz CT molecular complexity index is 171. The van der Waals surface area contributed by atoms with E-state index in [2.05, 4.69) is 0 Å². The highest BCUT2D eigenvalue weighted by molar-refractivity contribution is 4.33. The molecule has 0 radical (unpaired) electrons. The fourth-order valence-corrected chi connectivity index (χ4v) is 0.573. The molecule has 0 aliphatic rings. The van der Waals surface area contributed by atoms with Crippen LogP contribution in [0.25, 0.3) is 0 Å². The van der Waals surface area contributed by atoms with Gasteiger partial charge in [-0.05, 0) is 0 Å². The minimum atomic E-state index is -2.34. The normalized spacial score (nSPS) is 17.4.